The summed E-state index contributed by atoms with van der Waals surface area (Å²) in [5, 5.41) is 0. The molecule has 0 aromatic carbocycles. The predicted octanol–water partition coefficient (Wildman–Crippen LogP) is -0.0651. The van der Waals surface area contributed by atoms with Crippen LogP contribution in [0.25, 0.3) is 0 Å². The Morgan fingerprint density at radius 1 is 1.35 bits per heavy atom. The zero-order valence-corrected chi connectivity index (χ0v) is 12.8. The van der Waals surface area contributed by atoms with Gasteiger partial charge < -0.3 is 15.2 Å². The van der Waals surface area contributed by atoms with Gasteiger partial charge in [0.25, 0.3) is 0 Å². The van der Waals surface area contributed by atoms with E-state index in [1.54, 1.807) is 11.4 Å². The molecule has 20 heavy (non-hydrogen) atoms. The molecule has 0 aromatic rings. The van der Waals surface area contributed by atoms with Crippen molar-refractivity contribution in [3.63, 3.8) is 0 Å². The molecule has 2 atom stereocenters. The first kappa shape index (κ1) is 14.7. The Bertz CT molecular complexity index is 475. The van der Waals surface area contributed by atoms with E-state index in [1.165, 1.54) is 0 Å². The molecule has 2 N–H and O–H groups in total. The van der Waals surface area contributed by atoms with Gasteiger partial charge in [0, 0.05) is 51.8 Å². The van der Waals surface area contributed by atoms with E-state index in [4.69, 9.17) is 15.2 Å². The highest BCUT2D eigenvalue weighted by Gasteiger charge is 2.54. The third-order valence-corrected chi connectivity index (χ3v) is 7.30. The molecule has 0 unspecified atom stereocenters. The average Bonchev–Trinajstić information content (AvgIpc) is 2.64. The van der Waals surface area contributed by atoms with Crippen LogP contribution < -0.4 is 5.73 Å². The molecule has 3 rings (SSSR count). The topological polar surface area (TPSA) is 81.9 Å². The first-order chi connectivity index (χ1) is 9.39. The van der Waals surface area contributed by atoms with Gasteiger partial charge in [0.15, 0.2) is 0 Å². The highest BCUT2D eigenvalue weighted by molar-refractivity contribution is 7.89. The van der Waals surface area contributed by atoms with Crippen molar-refractivity contribution in [1.29, 1.82) is 0 Å². The molecule has 7 heteroatoms. The molecular weight excluding hydrogens is 280 g/mol. The zero-order valence-electron chi connectivity index (χ0n) is 12.0. The van der Waals surface area contributed by atoms with E-state index in [-0.39, 0.29) is 11.3 Å². The number of nitrogens with zero attached hydrogens (tertiary/aromatic N) is 1. The van der Waals surface area contributed by atoms with E-state index < -0.39 is 15.6 Å². The third-order valence-electron chi connectivity index (χ3n) is 5.34. The van der Waals surface area contributed by atoms with Crippen LogP contribution in [0.2, 0.25) is 0 Å². The van der Waals surface area contributed by atoms with Crippen molar-refractivity contribution in [3.05, 3.63) is 0 Å². The minimum Gasteiger partial charge on any atom is -0.381 e. The van der Waals surface area contributed by atoms with Crippen LogP contribution in [-0.4, -0.2) is 63.0 Å². The summed E-state index contributed by atoms with van der Waals surface area (Å²) >= 11 is 0. The Morgan fingerprint density at radius 3 is 2.50 bits per heavy atom. The number of hydrogen-bond donors (Lipinski definition) is 1. The van der Waals surface area contributed by atoms with Crippen LogP contribution in [0.4, 0.5) is 0 Å². The number of methoxy groups -OCH3 is 1. The van der Waals surface area contributed by atoms with E-state index in [0.29, 0.717) is 45.1 Å². The number of sulfonamides is 1. The van der Waals surface area contributed by atoms with Crippen molar-refractivity contribution in [2.45, 2.75) is 36.8 Å². The number of ether oxygens (including phenoxy) is 2. The van der Waals surface area contributed by atoms with Crippen LogP contribution in [0.5, 0.6) is 0 Å². The van der Waals surface area contributed by atoms with Gasteiger partial charge in [0.05, 0.1) is 11.4 Å². The van der Waals surface area contributed by atoms with Gasteiger partial charge in [-0.05, 0) is 18.8 Å². The third kappa shape index (κ3) is 2.39. The molecule has 0 amide bonds. The Labute approximate surface area is 120 Å². The number of rotatable bonds is 4. The second-order valence-corrected chi connectivity index (χ2v) is 8.49. The summed E-state index contributed by atoms with van der Waals surface area (Å²) < 4.78 is 37.8. The fraction of sp³-hybridized carbons (Fsp3) is 1.00. The van der Waals surface area contributed by atoms with Crippen molar-refractivity contribution in [1.82, 2.24) is 4.31 Å². The van der Waals surface area contributed by atoms with Crippen LogP contribution in [0, 0.1) is 5.92 Å². The lowest BCUT2D eigenvalue weighted by Crippen LogP contribution is -2.55. The predicted molar refractivity (Wildman–Crippen MR) is 74.8 cm³/mol. The van der Waals surface area contributed by atoms with E-state index in [1.807, 2.05) is 0 Å². The molecule has 6 nitrogen and oxygen atoms in total. The van der Waals surface area contributed by atoms with Crippen LogP contribution in [0.1, 0.15) is 25.7 Å². The number of hydrogen-bond acceptors (Lipinski definition) is 5. The minimum atomic E-state index is -3.32. The van der Waals surface area contributed by atoms with Gasteiger partial charge in [0.1, 0.15) is 0 Å². The normalized spacial score (nSPS) is 37.4. The Hall–Kier alpha value is -0.210. The molecular formula is C13H24N2O4S. The fourth-order valence-electron chi connectivity index (χ4n) is 3.63. The zero-order chi connectivity index (χ0) is 14.4. The highest BCUT2D eigenvalue weighted by Crippen LogP contribution is 2.43. The summed E-state index contributed by atoms with van der Waals surface area (Å²) in [6, 6.07) is 0. The van der Waals surface area contributed by atoms with Crippen LogP contribution in [0.15, 0.2) is 0 Å². The quantitative estimate of drug-likeness (QED) is 0.786. The smallest absolute Gasteiger partial charge is 0.217 e. The van der Waals surface area contributed by atoms with Crippen molar-refractivity contribution in [2.24, 2.45) is 11.7 Å². The van der Waals surface area contributed by atoms with Gasteiger partial charge in [-0.1, -0.05) is 0 Å². The van der Waals surface area contributed by atoms with E-state index >= 15 is 0 Å². The molecule has 3 fully saturated rings. The van der Waals surface area contributed by atoms with Crippen molar-refractivity contribution in [2.75, 3.05) is 39.2 Å². The second-order valence-electron chi connectivity index (χ2n) is 6.52. The Balaban J connectivity index is 1.72. The van der Waals surface area contributed by atoms with Crippen LogP contribution in [-0.2, 0) is 19.5 Å². The molecule has 1 saturated carbocycles. The Kier molecular flexibility index (Phi) is 3.62. The van der Waals surface area contributed by atoms with Gasteiger partial charge in [-0.25, -0.2) is 8.42 Å². The first-order valence-corrected chi connectivity index (χ1v) is 8.90. The van der Waals surface area contributed by atoms with Crippen molar-refractivity contribution >= 4 is 10.0 Å². The lowest BCUT2D eigenvalue weighted by Gasteiger charge is -2.40. The first-order valence-electron chi connectivity index (χ1n) is 7.29. The SMILES string of the molecule is COC1(CS(=O)(=O)N2C[C@@H]3CC[C@]3(N)C2)CCOCC1. The summed E-state index contributed by atoms with van der Waals surface area (Å²) in [5.74, 6) is 0.383. The molecule has 0 spiro atoms. The second kappa shape index (κ2) is 4.91. The molecule has 3 aliphatic rings. The summed E-state index contributed by atoms with van der Waals surface area (Å²) in [5.41, 5.74) is 5.36. The molecule has 0 bridgehead atoms. The van der Waals surface area contributed by atoms with Gasteiger partial charge >= 0.3 is 0 Å². The molecule has 2 heterocycles. The van der Waals surface area contributed by atoms with Crippen LogP contribution in [0.3, 0.4) is 0 Å². The molecule has 2 saturated heterocycles. The fourth-order valence-corrected chi connectivity index (χ4v) is 5.72. The Morgan fingerprint density at radius 2 is 2.05 bits per heavy atom. The number of nitrogens with two attached hydrogens (primary N) is 1. The minimum absolute atomic E-state index is 0.0443. The van der Waals surface area contributed by atoms with E-state index in [2.05, 4.69) is 0 Å². The molecule has 2 aliphatic heterocycles. The highest BCUT2D eigenvalue weighted by atomic mass is 32.2. The maximum Gasteiger partial charge on any atom is 0.217 e. The average molecular weight is 304 g/mol. The maximum atomic E-state index is 12.7. The monoisotopic (exact) mass is 304 g/mol. The standard InChI is InChI=1S/C13H24N2O4S/c1-18-12(4-6-19-7-5-12)10-20(16,17)15-8-11-2-3-13(11,14)9-15/h11H,2-10,14H2,1H3/t11-,13-/m0/s1. The molecule has 0 aromatic heterocycles. The maximum absolute atomic E-state index is 12.7. The lowest BCUT2D eigenvalue weighted by atomic mass is 9.70. The largest absolute Gasteiger partial charge is 0.381 e. The van der Waals surface area contributed by atoms with Crippen LogP contribution >= 0.6 is 0 Å². The summed E-state index contributed by atoms with van der Waals surface area (Å²) in [7, 11) is -1.73. The van der Waals surface area contributed by atoms with Crippen molar-refractivity contribution < 1.29 is 17.9 Å². The lowest BCUT2D eigenvalue weighted by molar-refractivity contribution is -0.0754. The van der Waals surface area contributed by atoms with Gasteiger partial charge in [-0.2, -0.15) is 4.31 Å². The summed E-state index contributed by atoms with van der Waals surface area (Å²) in [6.45, 7) is 2.17. The summed E-state index contributed by atoms with van der Waals surface area (Å²) in [6.07, 6.45) is 3.25. The molecule has 0 radical (unpaired) electrons. The molecule has 1 aliphatic carbocycles. The van der Waals surface area contributed by atoms with Crippen molar-refractivity contribution in [3.8, 4) is 0 Å². The summed E-state index contributed by atoms with van der Waals surface area (Å²) in [4.78, 5) is 0. The molecule has 116 valence electrons. The van der Waals surface area contributed by atoms with E-state index in [9.17, 15) is 8.42 Å². The van der Waals surface area contributed by atoms with Gasteiger partial charge in [0.2, 0.25) is 10.0 Å². The number of fused-ring (bicyclic) bond motifs is 1. The van der Waals surface area contributed by atoms with Gasteiger partial charge in [-0.15, -0.1) is 0 Å². The van der Waals surface area contributed by atoms with Gasteiger partial charge in [-0.3, -0.25) is 0 Å². The van der Waals surface area contributed by atoms with E-state index in [0.717, 1.165) is 12.8 Å².